The molecular weight excluding hydrogens is 404 g/mol. The second-order valence-corrected chi connectivity index (χ2v) is 8.39. The lowest BCUT2D eigenvalue weighted by Gasteiger charge is -2.05. The van der Waals surface area contributed by atoms with E-state index in [0.29, 0.717) is 27.1 Å². The number of carbonyl (C=O) groups is 1. The van der Waals surface area contributed by atoms with Crippen molar-refractivity contribution in [3.05, 3.63) is 56.4 Å². The number of fused-ring (bicyclic) bond motifs is 1. The smallest absolute Gasteiger partial charge is 0.275 e. The molecule has 2 heterocycles. The zero-order valence-corrected chi connectivity index (χ0v) is 17.2. The zero-order valence-electron chi connectivity index (χ0n) is 14.8. The summed E-state index contributed by atoms with van der Waals surface area (Å²) in [5.41, 5.74) is 1.18. The van der Waals surface area contributed by atoms with Crippen molar-refractivity contribution in [2.45, 2.75) is 31.9 Å². The minimum Gasteiger partial charge on any atom is -0.325 e. The van der Waals surface area contributed by atoms with Gasteiger partial charge in [0.2, 0.25) is 10.9 Å². The standard InChI is InChI=1S/C18H19ClN4O2S2/c1-2-3-4-16-22-23-17(25)9-14(21-18(23)27-16)10-26-11-15(24)20-13-7-5-12(19)6-8-13/h5-9H,2-4,10-11H2,1H3,(H,20,24). The van der Waals surface area contributed by atoms with Gasteiger partial charge in [0.15, 0.2) is 0 Å². The van der Waals surface area contributed by atoms with Crippen molar-refractivity contribution in [1.82, 2.24) is 14.6 Å². The van der Waals surface area contributed by atoms with E-state index in [2.05, 4.69) is 22.3 Å². The Morgan fingerprint density at radius 2 is 2.11 bits per heavy atom. The van der Waals surface area contributed by atoms with Gasteiger partial charge in [-0.2, -0.15) is 9.61 Å². The lowest BCUT2D eigenvalue weighted by molar-refractivity contribution is -0.113. The number of carbonyl (C=O) groups excluding carboxylic acids is 1. The van der Waals surface area contributed by atoms with Crippen LogP contribution < -0.4 is 10.9 Å². The first-order valence-corrected chi connectivity index (χ1v) is 10.9. The minimum atomic E-state index is -0.180. The number of benzene rings is 1. The Balaban J connectivity index is 1.57. The fraction of sp³-hybridized carbons (Fsp3) is 0.333. The Labute approximate surface area is 170 Å². The Morgan fingerprint density at radius 3 is 2.85 bits per heavy atom. The van der Waals surface area contributed by atoms with E-state index in [4.69, 9.17) is 11.6 Å². The largest absolute Gasteiger partial charge is 0.325 e. The Morgan fingerprint density at radius 1 is 1.33 bits per heavy atom. The molecule has 0 spiro atoms. The minimum absolute atomic E-state index is 0.111. The van der Waals surface area contributed by atoms with E-state index in [1.807, 2.05) is 0 Å². The topological polar surface area (TPSA) is 76.4 Å². The maximum atomic E-state index is 12.2. The molecule has 0 fully saturated rings. The van der Waals surface area contributed by atoms with Crippen LogP contribution in [0.1, 0.15) is 30.5 Å². The van der Waals surface area contributed by atoms with Crippen LogP contribution in [0.4, 0.5) is 5.69 Å². The molecule has 27 heavy (non-hydrogen) atoms. The van der Waals surface area contributed by atoms with Crippen LogP contribution in [-0.2, 0) is 17.0 Å². The average molecular weight is 423 g/mol. The summed E-state index contributed by atoms with van der Waals surface area (Å²) in [6.45, 7) is 2.12. The molecule has 2 aromatic heterocycles. The summed E-state index contributed by atoms with van der Waals surface area (Å²) in [4.78, 5) is 29.3. The number of thioether (sulfide) groups is 1. The summed E-state index contributed by atoms with van der Waals surface area (Å²) >= 11 is 8.69. The molecule has 0 saturated heterocycles. The normalized spacial score (nSPS) is 11.0. The summed E-state index contributed by atoms with van der Waals surface area (Å²) in [6, 6.07) is 8.43. The third-order valence-electron chi connectivity index (χ3n) is 3.70. The average Bonchev–Trinajstić information content (AvgIpc) is 3.05. The van der Waals surface area contributed by atoms with Gasteiger partial charge in [-0.3, -0.25) is 9.59 Å². The van der Waals surface area contributed by atoms with Gasteiger partial charge in [-0.25, -0.2) is 4.98 Å². The van der Waals surface area contributed by atoms with Crippen molar-refractivity contribution in [1.29, 1.82) is 0 Å². The number of halogens is 1. The maximum Gasteiger partial charge on any atom is 0.275 e. The van der Waals surface area contributed by atoms with Gasteiger partial charge in [0.25, 0.3) is 5.56 Å². The van der Waals surface area contributed by atoms with Crippen LogP contribution in [0.5, 0.6) is 0 Å². The van der Waals surface area contributed by atoms with Gasteiger partial charge in [0.1, 0.15) is 5.01 Å². The number of amides is 1. The molecule has 1 amide bonds. The van der Waals surface area contributed by atoms with E-state index < -0.39 is 0 Å². The van der Waals surface area contributed by atoms with Crippen molar-refractivity contribution in [3.8, 4) is 0 Å². The first kappa shape index (κ1) is 19.9. The summed E-state index contributed by atoms with van der Waals surface area (Å²) < 4.78 is 1.36. The number of aryl methyl sites for hydroxylation is 1. The monoisotopic (exact) mass is 422 g/mol. The molecule has 1 N–H and O–H groups in total. The second-order valence-electron chi connectivity index (χ2n) is 5.93. The van der Waals surface area contributed by atoms with E-state index in [9.17, 15) is 9.59 Å². The van der Waals surface area contributed by atoms with Crippen LogP contribution in [0.3, 0.4) is 0 Å². The van der Waals surface area contributed by atoms with Crippen molar-refractivity contribution in [2.75, 3.05) is 11.1 Å². The van der Waals surface area contributed by atoms with Gasteiger partial charge in [-0.05, 0) is 30.7 Å². The highest BCUT2D eigenvalue weighted by atomic mass is 35.5. The number of rotatable bonds is 8. The molecule has 0 unspecified atom stereocenters. The zero-order chi connectivity index (χ0) is 19.2. The van der Waals surface area contributed by atoms with Crippen LogP contribution in [0.25, 0.3) is 4.96 Å². The molecule has 3 rings (SSSR count). The molecule has 9 heteroatoms. The van der Waals surface area contributed by atoms with E-state index in [-0.39, 0.29) is 17.2 Å². The predicted molar refractivity (Wildman–Crippen MR) is 112 cm³/mol. The SMILES string of the molecule is CCCCc1nn2c(=O)cc(CSCC(=O)Nc3ccc(Cl)cc3)nc2s1. The Kier molecular flexibility index (Phi) is 6.87. The highest BCUT2D eigenvalue weighted by Gasteiger charge is 2.10. The quantitative estimate of drug-likeness (QED) is 0.593. The van der Waals surface area contributed by atoms with Crippen molar-refractivity contribution < 1.29 is 4.79 Å². The number of hydrogen-bond acceptors (Lipinski definition) is 6. The van der Waals surface area contributed by atoms with Crippen LogP contribution in [-0.4, -0.2) is 26.3 Å². The molecule has 142 valence electrons. The first-order chi connectivity index (χ1) is 13.0. The molecule has 3 aromatic rings. The molecule has 0 saturated carbocycles. The number of hydrogen-bond donors (Lipinski definition) is 1. The van der Waals surface area contributed by atoms with Crippen LogP contribution in [0, 0.1) is 0 Å². The number of unbranched alkanes of at least 4 members (excludes halogenated alkanes) is 1. The van der Waals surface area contributed by atoms with Gasteiger partial charge in [-0.1, -0.05) is 36.3 Å². The molecule has 0 bridgehead atoms. The third-order valence-corrected chi connectivity index (χ3v) is 5.88. The lowest BCUT2D eigenvalue weighted by atomic mass is 10.3. The van der Waals surface area contributed by atoms with Crippen LogP contribution in [0.2, 0.25) is 5.02 Å². The maximum absolute atomic E-state index is 12.2. The summed E-state index contributed by atoms with van der Waals surface area (Å²) in [5.74, 6) is 0.649. The highest BCUT2D eigenvalue weighted by Crippen LogP contribution is 2.17. The van der Waals surface area contributed by atoms with Gasteiger partial charge >= 0.3 is 0 Å². The van der Waals surface area contributed by atoms with Gasteiger partial charge in [0, 0.05) is 29.0 Å². The number of aromatic nitrogens is 3. The fourth-order valence-electron chi connectivity index (χ4n) is 2.38. The van der Waals surface area contributed by atoms with Crippen molar-refractivity contribution in [2.24, 2.45) is 0 Å². The first-order valence-electron chi connectivity index (χ1n) is 8.57. The summed E-state index contributed by atoms with van der Waals surface area (Å²) in [6.07, 6.45) is 2.98. The van der Waals surface area contributed by atoms with Crippen LogP contribution >= 0.6 is 34.7 Å². The number of nitrogens with one attached hydrogen (secondary N) is 1. The fourth-order valence-corrected chi connectivity index (χ4v) is 4.18. The molecule has 0 aliphatic rings. The Bertz CT molecular complexity index is 985. The molecule has 1 aromatic carbocycles. The van der Waals surface area contributed by atoms with E-state index in [1.165, 1.54) is 33.7 Å². The van der Waals surface area contributed by atoms with Crippen molar-refractivity contribution >= 4 is 51.3 Å². The van der Waals surface area contributed by atoms with E-state index in [0.717, 1.165) is 24.3 Å². The summed E-state index contributed by atoms with van der Waals surface area (Å²) in [7, 11) is 0. The Hall–Kier alpha value is -1.90. The van der Waals surface area contributed by atoms with Crippen molar-refractivity contribution in [3.63, 3.8) is 0 Å². The molecule has 0 atom stereocenters. The molecule has 0 radical (unpaired) electrons. The number of nitrogens with zero attached hydrogens (tertiary/aromatic N) is 3. The van der Waals surface area contributed by atoms with Gasteiger partial charge < -0.3 is 5.32 Å². The predicted octanol–water partition coefficient (Wildman–Crippen LogP) is 4.02. The second kappa shape index (κ2) is 9.34. The van der Waals surface area contributed by atoms with Gasteiger partial charge in [-0.15, -0.1) is 11.8 Å². The molecule has 0 aliphatic carbocycles. The van der Waals surface area contributed by atoms with Crippen LogP contribution in [0.15, 0.2) is 35.1 Å². The third kappa shape index (κ3) is 5.54. The lowest BCUT2D eigenvalue weighted by Crippen LogP contribution is -2.16. The molecule has 0 aliphatic heterocycles. The summed E-state index contributed by atoms with van der Waals surface area (Å²) in [5, 5.41) is 8.68. The molecular formula is C18H19ClN4O2S2. The van der Waals surface area contributed by atoms with E-state index in [1.54, 1.807) is 24.3 Å². The molecule has 6 nitrogen and oxygen atoms in total. The van der Waals surface area contributed by atoms with Gasteiger partial charge in [0.05, 0.1) is 11.4 Å². The highest BCUT2D eigenvalue weighted by molar-refractivity contribution is 7.99. The van der Waals surface area contributed by atoms with E-state index >= 15 is 0 Å². The number of anilines is 1.